The van der Waals surface area contributed by atoms with E-state index in [-0.39, 0.29) is 11.8 Å². The van der Waals surface area contributed by atoms with Crippen LogP contribution in [0.3, 0.4) is 0 Å². The molecule has 0 bridgehead atoms. The van der Waals surface area contributed by atoms with Crippen molar-refractivity contribution in [1.29, 1.82) is 0 Å². The van der Waals surface area contributed by atoms with Gasteiger partial charge in [0.2, 0.25) is 0 Å². The zero-order valence-electron chi connectivity index (χ0n) is 16.9. The number of thiophene rings is 1. The van der Waals surface area contributed by atoms with Crippen molar-refractivity contribution < 1.29 is 14.3 Å². The molecule has 0 aliphatic carbocycles. The summed E-state index contributed by atoms with van der Waals surface area (Å²) < 4.78 is 5.83. The van der Waals surface area contributed by atoms with E-state index < -0.39 is 0 Å². The van der Waals surface area contributed by atoms with Gasteiger partial charge in [-0.05, 0) is 42.0 Å². The third kappa shape index (κ3) is 3.68. The number of para-hydroxylation sites is 1. The maximum Gasteiger partial charge on any atom is 0.268 e. The lowest BCUT2D eigenvalue weighted by Crippen LogP contribution is -2.26. The number of benzene rings is 2. The topological polar surface area (TPSA) is 49.9 Å². The highest BCUT2D eigenvalue weighted by molar-refractivity contribution is 7.17. The number of ether oxygens (including phenoxy) is 1. The van der Waals surface area contributed by atoms with Crippen molar-refractivity contribution >= 4 is 40.4 Å². The van der Waals surface area contributed by atoms with Gasteiger partial charge in [-0.15, -0.1) is 11.3 Å². The molecule has 5 nitrogen and oxygen atoms in total. The van der Waals surface area contributed by atoms with E-state index in [9.17, 15) is 9.59 Å². The molecule has 1 aliphatic heterocycles. The molecule has 1 aliphatic rings. The van der Waals surface area contributed by atoms with Crippen LogP contribution in [-0.4, -0.2) is 44.5 Å². The first-order chi connectivity index (χ1) is 14.4. The number of nitrogens with zero attached hydrogens (tertiary/aromatic N) is 2. The Bertz CT molecular complexity index is 1140. The predicted octanol–water partition coefficient (Wildman–Crippen LogP) is 4.98. The highest BCUT2D eigenvalue weighted by atomic mass is 35.5. The van der Waals surface area contributed by atoms with Gasteiger partial charge in [-0.3, -0.25) is 9.59 Å². The second-order valence-electron chi connectivity index (χ2n) is 7.29. The van der Waals surface area contributed by atoms with Crippen LogP contribution >= 0.6 is 22.9 Å². The lowest BCUT2D eigenvalue weighted by atomic mass is 10.1. The van der Waals surface area contributed by atoms with Crippen LogP contribution < -0.4 is 9.64 Å². The van der Waals surface area contributed by atoms with E-state index in [4.69, 9.17) is 16.3 Å². The average molecular weight is 441 g/mol. The number of amides is 2. The fourth-order valence-electron chi connectivity index (χ4n) is 3.44. The van der Waals surface area contributed by atoms with Crippen LogP contribution in [0.15, 0.2) is 48.5 Å². The Morgan fingerprint density at radius 2 is 1.80 bits per heavy atom. The number of hydrogen-bond donors (Lipinski definition) is 0. The Balaban J connectivity index is 1.65. The number of carbonyl (C=O) groups excluding carboxylic acids is 2. The lowest BCUT2D eigenvalue weighted by molar-refractivity contribution is 0.0827. The Morgan fingerprint density at radius 3 is 2.53 bits per heavy atom. The first-order valence-electron chi connectivity index (χ1n) is 9.51. The summed E-state index contributed by atoms with van der Waals surface area (Å²) in [5.41, 5.74) is 3.17. The van der Waals surface area contributed by atoms with Crippen molar-refractivity contribution in [2.75, 3.05) is 32.6 Å². The minimum absolute atomic E-state index is 0.139. The second-order valence-corrected chi connectivity index (χ2v) is 8.75. The smallest absolute Gasteiger partial charge is 0.268 e. The molecule has 3 aromatic rings. The van der Waals surface area contributed by atoms with Crippen molar-refractivity contribution in [1.82, 2.24) is 4.90 Å². The maximum absolute atomic E-state index is 13.2. The first kappa shape index (κ1) is 20.4. The number of anilines is 1. The van der Waals surface area contributed by atoms with Crippen molar-refractivity contribution in [3.8, 4) is 16.2 Å². The van der Waals surface area contributed by atoms with Crippen LogP contribution in [0.2, 0.25) is 5.02 Å². The molecule has 0 saturated heterocycles. The zero-order chi connectivity index (χ0) is 21.4. The quantitative estimate of drug-likeness (QED) is 0.577. The summed E-state index contributed by atoms with van der Waals surface area (Å²) in [7, 11) is 5.06. The van der Waals surface area contributed by atoms with E-state index >= 15 is 0 Å². The van der Waals surface area contributed by atoms with E-state index in [2.05, 4.69) is 0 Å². The third-order valence-electron chi connectivity index (χ3n) is 5.05. The van der Waals surface area contributed by atoms with Crippen molar-refractivity contribution in [2.45, 2.75) is 6.42 Å². The molecule has 30 heavy (non-hydrogen) atoms. The van der Waals surface area contributed by atoms with Crippen LogP contribution in [0.5, 0.6) is 5.75 Å². The Labute approximate surface area is 184 Å². The highest BCUT2D eigenvalue weighted by Crippen LogP contribution is 2.41. The number of carbonyl (C=O) groups is 2. The number of halogens is 1. The Kier molecular flexibility index (Phi) is 5.54. The lowest BCUT2D eigenvalue weighted by Gasteiger charge is -2.19. The minimum Gasteiger partial charge on any atom is -0.493 e. The van der Waals surface area contributed by atoms with Gasteiger partial charge in [0.15, 0.2) is 0 Å². The molecule has 154 valence electrons. The summed E-state index contributed by atoms with van der Waals surface area (Å²) in [6.07, 6.45) is 0.750. The first-order valence-corrected chi connectivity index (χ1v) is 10.7. The average Bonchev–Trinajstić information content (AvgIpc) is 3.08. The van der Waals surface area contributed by atoms with Gasteiger partial charge in [-0.1, -0.05) is 23.7 Å². The van der Waals surface area contributed by atoms with Crippen molar-refractivity contribution in [3.05, 3.63) is 69.6 Å². The molecule has 0 atom stereocenters. The van der Waals surface area contributed by atoms with Crippen molar-refractivity contribution in [2.24, 2.45) is 0 Å². The van der Waals surface area contributed by atoms with E-state index in [0.717, 1.165) is 28.2 Å². The predicted molar refractivity (Wildman–Crippen MR) is 121 cm³/mol. The molecule has 0 fully saturated rings. The van der Waals surface area contributed by atoms with Gasteiger partial charge < -0.3 is 14.5 Å². The standard InChI is InChI=1S/C23H21ClN2O3S/c1-25(2)22(27)15-8-9-18(17(24)12-15)26(3)23(28)20-13-14-10-11-29-19-7-5-4-6-16(19)21(14)30-20/h4-9,12-13H,10-11H2,1-3H3. The summed E-state index contributed by atoms with van der Waals surface area (Å²) in [5.74, 6) is 0.565. The third-order valence-corrected chi connectivity index (χ3v) is 6.55. The van der Waals surface area contributed by atoms with Gasteiger partial charge in [-0.25, -0.2) is 0 Å². The van der Waals surface area contributed by atoms with E-state index in [1.54, 1.807) is 39.3 Å². The molecule has 2 amide bonds. The Morgan fingerprint density at radius 1 is 1.03 bits per heavy atom. The molecule has 0 spiro atoms. The number of hydrogen-bond acceptors (Lipinski definition) is 4. The van der Waals surface area contributed by atoms with Crippen molar-refractivity contribution in [3.63, 3.8) is 0 Å². The molecule has 4 rings (SSSR count). The SMILES string of the molecule is CN(C)C(=O)c1ccc(N(C)C(=O)c2cc3c(s2)-c2ccccc2OCC3)c(Cl)c1. The summed E-state index contributed by atoms with van der Waals surface area (Å²) >= 11 is 7.88. The van der Waals surface area contributed by atoms with Crippen LogP contribution in [0.25, 0.3) is 10.4 Å². The van der Waals surface area contributed by atoms with Gasteiger partial charge in [0, 0.05) is 43.6 Å². The minimum atomic E-state index is -0.139. The molecule has 1 aromatic heterocycles. The van der Waals surface area contributed by atoms with E-state index in [1.807, 2.05) is 30.3 Å². The van der Waals surface area contributed by atoms with Gasteiger partial charge in [0.05, 0.1) is 22.2 Å². The normalized spacial score (nSPS) is 12.3. The largest absolute Gasteiger partial charge is 0.493 e. The van der Waals surface area contributed by atoms with Gasteiger partial charge >= 0.3 is 0 Å². The zero-order valence-corrected chi connectivity index (χ0v) is 18.5. The van der Waals surface area contributed by atoms with E-state index in [0.29, 0.717) is 27.8 Å². The highest BCUT2D eigenvalue weighted by Gasteiger charge is 2.24. The molecule has 7 heteroatoms. The Hall–Kier alpha value is -2.83. The van der Waals surface area contributed by atoms with Crippen LogP contribution in [0.4, 0.5) is 5.69 Å². The fraction of sp³-hybridized carbons (Fsp3) is 0.217. The van der Waals surface area contributed by atoms with Crippen LogP contribution in [0, 0.1) is 0 Å². The fourth-order valence-corrected chi connectivity index (χ4v) is 4.97. The molecular formula is C23H21ClN2O3S. The molecule has 2 aromatic carbocycles. The molecule has 0 saturated carbocycles. The summed E-state index contributed by atoms with van der Waals surface area (Å²) in [6.45, 7) is 0.581. The summed E-state index contributed by atoms with van der Waals surface area (Å²) in [4.78, 5) is 30.1. The molecule has 0 unspecified atom stereocenters. The maximum atomic E-state index is 13.2. The van der Waals surface area contributed by atoms with Crippen LogP contribution in [-0.2, 0) is 6.42 Å². The van der Waals surface area contributed by atoms with Gasteiger partial charge in [0.1, 0.15) is 5.75 Å². The monoisotopic (exact) mass is 440 g/mol. The second kappa shape index (κ2) is 8.13. The summed E-state index contributed by atoms with van der Waals surface area (Å²) in [5, 5.41) is 0.357. The number of rotatable bonds is 3. The van der Waals surface area contributed by atoms with Gasteiger partial charge in [-0.2, -0.15) is 0 Å². The molecule has 0 radical (unpaired) electrons. The molecule has 0 N–H and O–H groups in total. The van der Waals surface area contributed by atoms with E-state index in [1.165, 1.54) is 21.1 Å². The van der Waals surface area contributed by atoms with Gasteiger partial charge in [0.25, 0.3) is 11.8 Å². The molecular weight excluding hydrogens is 420 g/mol. The number of fused-ring (bicyclic) bond motifs is 3. The summed E-state index contributed by atoms with van der Waals surface area (Å²) in [6, 6.07) is 14.8. The van der Waals surface area contributed by atoms with Crippen LogP contribution in [0.1, 0.15) is 25.6 Å². The molecule has 2 heterocycles.